The van der Waals surface area contributed by atoms with Crippen molar-refractivity contribution >= 4 is 34.2 Å². The van der Waals surface area contributed by atoms with Crippen LogP contribution >= 0.6 is 0 Å². The molecule has 2 saturated heterocycles. The molecule has 2 aromatic carbocycles. The van der Waals surface area contributed by atoms with Crippen LogP contribution in [0.1, 0.15) is 55.9 Å². The van der Waals surface area contributed by atoms with Crippen molar-refractivity contribution in [3.05, 3.63) is 76.4 Å². The van der Waals surface area contributed by atoms with Crippen LogP contribution in [-0.4, -0.2) is 70.6 Å². The van der Waals surface area contributed by atoms with Gasteiger partial charge in [0, 0.05) is 49.4 Å². The molecule has 3 aliphatic rings. The number of nitrogens with one attached hydrogen (secondary N) is 1. The number of fused-ring (bicyclic) bond motifs is 1. The number of anilines is 2. The first kappa shape index (κ1) is 31.3. The summed E-state index contributed by atoms with van der Waals surface area (Å²) >= 11 is 0. The summed E-state index contributed by atoms with van der Waals surface area (Å²) in [6.45, 7) is 7.89. The van der Waals surface area contributed by atoms with Crippen LogP contribution < -0.4 is 25.3 Å². The maximum atomic E-state index is 15.4. The lowest BCUT2D eigenvalue weighted by atomic mass is 9.92. The summed E-state index contributed by atoms with van der Waals surface area (Å²) in [5, 5.41) is 23.5. The van der Waals surface area contributed by atoms with E-state index in [1.54, 1.807) is 26.5 Å². The fourth-order valence-electron chi connectivity index (χ4n) is 6.18. The first-order valence-corrected chi connectivity index (χ1v) is 15.2. The lowest BCUT2D eigenvalue weighted by molar-refractivity contribution is -0.120. The lowest BCUT2D eigenvalue weighted by Crippen LogP contribution is -2.48. The van der Waals surface area contributed by atoms with Crippen LogP contribution in [0.15, 0.2) is 53.8 Å². The summed E-state index contributed by atoms with van der Waals surface area (Å²) in [4.78, 5) is 39.3. The second-order valence-corrected chi connectivity index (χ2v) is 12.4. The van der Waals surface area contributed by atoms with E-state index < -0.39 is 34.2 Å². The summed E-state index contributed by atoms with van der Waals surface area (Å²) in [6.07, 6.45) is 3.10. The number of carbonyl (C=O) groups is 2. The highest BCUT2D eigenvalue weighted by atomic mass is 19.1. The number of halogens is 2. The third-order valence-corrected chi connectivity index (χ3v) is 8.97. The molecule has 46 heavy (non-hydrogen) atoms. The Labute approximate surface area is 263 Å². The number of ether oxygens (including phenoxy) is 2. The zero-order chi connectivity index (χ0) is 32.9. The fraction of sp³-hybridized carbons (Fsp3) is 0.424. The van der Waals surface area contributed by atoms with Crippen LogP contribution in [0, 0.1) is 11.6 Å². The Morgan fingerprint density at radius 1 is 1.17 bits per heavy atom. The molecule has 1 saturated carbocycles. The SMILES string of the molecule is C=C1O[C@@H](C(C)NC(C)=O)CN1c1ccc(OCC2(O)CCN(c3cc4c(cc3F)c(=O)c(C(=O)O)cn4C3CC3)CC2)c(F)c1. The average molecular weight is 639 g/mol. The highest BCUT2D eigenvalue weighted by molar-refractivity contribution is 5.93. The summed E-state index contributed by atoms with van der Waals surface area (Å²) in [7, 11) is 0. The van der Waals surface area contributed by atoms with Gasteiger partial charge in [0.1, 0.15) is 29.7 Å². The molecule has 1 unspecified atom stereocenters. The van der Waals surface area contributed by atoms with Gasteiger partial charge >= 0.3 is 5.97 Å². The molecule has 0 radical (unpaired) electrons. The molecular formula is C33H36F2N4O7. The van der Waals surface area contributed by atoms with E-state index in [0.717, 1.165) is 18.9 Å². The van der Waals surface area contributed by atoms with E-state index in [9.17, 15) is 24.6 Å². The molecule has 2 atom stereocenters. The van der Waals surface area contributed by atoms with Crippen molar-refractivity contribution in [2.75, 3.05) is 36.0 Å². The van der Waals surface area contributed by atoms with Crippen LogP contribution in [0.2, 0.25) is 0 Å². The number of hydrogen-bond acceptors (Lipinski definition) is 8. The number of rotatable bonds is 9. The minimum Gasteiger partial charge on any atom is -0.488 e. The van der Waals surface area contributed by atoms with Gasteiger partial charge in [-0.3, -0.25) is 9.59 Å². The molecule has 1 amide bonds. The van der Waals surface area contributed by atoms with Crippen LogP contribution in [-0.2, 0) is 9.53 Å². The molecule has 1 aromatic heterocycles. The summed E-state index contributed by atoms with van der Waals surface area (Å²) in [5.41, 5.74) is -1.17. The van der Waals surface area contributed by atoms with Crippen molar-refractivity contribution < 1.29 is 38.1 Å². The molecule has 6 rings (SSSR count). The Kier molecular flexibility index (Phi) is 8.13. The van der Waals surface area contributed by atoms with Crippen molar-refractivity contribution in [3.8, 4) is 5.75 Å². The summed E-state index contributed by atoms with van der Waals surface area (Å²) in [5.74, 6) is -2.52. The van der Waals surface area contributed by atoms with Crippen LogP contribution in [0.25, 0.3) is 10.9 Å². The highest BCUT2D eigenvalue weighted by Gasteiger charge is 2.36. The van der Waals surface area contributed by atoms with Gasteiger partial charge in [-0.05, 0) is 63.5 Å². The Hall–Kier alpha value is -4.65. The topological polar surface area (TPSA) is 134 Å². The molecule has 1 aliphatic carbocycles. The minimum atomic E-state index is -1.35. The number of piperidine rings is 1. The van der Waals surface area contributed by atoms with Crippen LogP contribution in [0.4, 0.5) is 20.2 Å². The Balaban J connectivity index is 1.11. The Morgan fingerprint density at radius 3 is 2.52 bits per heavy atom. The standard InChI is InChI=1S/C33H36F2N4O7/c1-18(36-19(2)40)30-16-38(20(3)46-30)22-6-7-29(26(35)12-22)45-17-33(44)8-10-37(11-9-33)28-14-27-23(13-25(28)34)31(41)24(32(42)43)15-39(27)21-4-5-21/h6-7,12-15,18,21,30,44H,3-5,8-11,16-17H2,1-2H3,(H,36,40)(H,42,43)/t18?,30-/m1/s1. The number of aromatic nitrogens is 1. The lowest BCUT2D eigenvalue weighted by Gasteiger charge is -2.39. The van der Waals surface area contributed by atoms with Crippen molar-refractivity contribution in [1.82, 2.24) is 9.88 Å². The second kappa shape index (κ2) is 11.9. The van der Waals surface area contributed by atoms with Gasteiger partial charge in [-0.15, -0.1) is 0 Å². The first-order valence-electron chi connectivity index (χ1n) is 15.2. The van der Waals surface area contributed by atoms with Gasteiger partial charge in [0.25, 0.3) is 0 Å². The molecule has 0 spiro atoms. The maximum Gasteiger partial charge on any atom is 0.341 e. The number of amides is 1. The predicted molar refractivity (Wildman–Crippen MR) is 166 cm³/mol. The number of benzene rings is 2. The van der Waals surface area contributed by atoms with Crippen molar-refractivity contribution in [2.45, 2.75) is 63.3 Å². The zero-order valence-corrected chi connectivity index (χ0v) is 25.6. The van der Waals surface area contributed by atoms with E-state index in [1.165, 1.54) is 25.3 Å². The zero-order valence-electron chi connectivity index (χ0n) is 25.6. The van der Waals surface area contributed by atoms with Gasteiger partial charge in [0.15, 0.2) is 17.4 Å². The number of carboxylic acid groups (broad SMARTS) is 1. The van der Waals surface area contributed by atoms with Gasteiger partial charge in [-0.2, -0.15) is 0 Å². The molecule has 3 heterocycles. The number of aromatic carboxylic acids is 1. The predicted octanol–water partition coefficient (Wildman–Crippen LogP) is 3.92. The van der Waals surface area contributed by atoms with Gasteiger partial charge < -0.3 is 39.4 Å². The quantitative estimate of drug-likeness (QED) is 0.319. The average Bonchev–Trinajstić information content (AvgIpc) is 3.77. The van der Waals surface area contributed by atoms with Gasteiger partial charge in [-0.1, -0.05) is 0 Å². The van der Waals surface area contributed by atoms with E-state index in [4.69, 9.17) is 9.47 Å². The third-order valence-electron chi connectivity index (χ3n) is 8.97. The van der Waals surface area contributed by atoms with E-state index >= 15 is 8.78 Å². The normalized spacial score (nSPS) is 20.0. The number of hydrogen-bond donors (Lipinski definition) is 3. The minimum absolute atomic E-state index is 0.0175. The smallest absolute Gasteiger partial charge is 0.341 e. The maximum absolute atomic E-state index is 15.4. The largest absolute Gasteiger partial charge is 0.488 e. The van der Waals surface area contributed by atoms with Gasteiger partial charge in [0.2, 0.25) is 11.3 Å². The van der Waals surface area contributed by atoms with Crippen molar-refractivity contribution in [3.63, 3.8) is 0 Å². The first-order chi connectivity index (χ1) is 21.8. The molecule has 2 aliphatic heterocycles. The second-order valence-electron chi connectivity index (χ2n) is 12.4. The molecule has 3 N–H and O–H groups in total. The van der Waals surface area contributed by atoms with Crippen molar-refractivity contribution in [2.24, 2.45) is 0 Å². The molecule has 3 aromatic rings. The van der Waals surface area contributed by atoms with E-state index in [0.29, 0.717) is 23.6 Å². The molecule has 0 bridgehead atoms. The molecular weight excluding hydrogens is 602 g/mol. The Bertz CT molecular complexity index is 1780. The van der Waals surface area contributed by atoms with Crippen molar-refractivity contribution in [1.29, 1.82) is 0 Å². The van der Waals surface area contributed by atoms with E-state index in [-0.39, 0.29) is 73.5 Å². The molecule has 3 fully saturated rings. The molecule has 11 nitrogen and oxygen atoms in total. The number of aliphatic hydroxyl groups is 1. The van der Waals surface area contributed by atoms with Gasteiger partial charge in [0.05, 0.1) is 23.8 Å². The molecule has 244 valence electrons. The summed E-state index contributed by atoms with van der Waals surface area (Å²) in [6, 6.07) is 6.89. The fourth-order valence-corrected chi connectivity index (χ4v) is 6.18. The van der Waals surface area contributed by atoms with Crippen LogP contribution in [0.3, 0.4) is 0 Å². The molecule has 13 heteroatoms. The monoisotopic (exact) mass is 638 g/mol. The summed E-state index contributed by atoms with van der Waals surface area (Å²) < 4.78 is 43.7. The number of pyridine rings is 1. The number of nitrogens with zero attached hydrogens (tertiary/aromatic N) is 3. The van der Waals surface area contributed by atoms with E-state index in [2.05, 4.69) is 11.9 Å². The van der Waals surface area contributed by atoms with E-state index in [1.807, 2.05) is 6.92 Å². The number of carboxylic acids is 1. The Morgan fingerprint density at radius 2 is 1.89 bits per heavy atom. The van der Waals surface area contributed by atoms with Crippen LogP contribution in [0.5, 0.6) is 5.75 Å². The number of carbonyl (C=O) groups excluding carboxylic acids is 1. The highest BCUT2D eigenvalue weighted by Crippen LogP contribution is 2.39. The third kappa shape index (κ3) is 6.11. The van der Waals surface area contributed by atoms with Gasteiger partial charge in [-0.25, -0.2) is 13.6 Å².